The van der Waals surface area contributed by atoms with Gasteiger partial charge in [-0.25, -0.2) is 0 Å². The van der Waals surface area contributed by atoms with Crippen molar-refractivity contribution in [2.45, 2.75) is 0 Å². The molecule has 42 heavy (non-hydrogen) atoms. The lowest BCUT2D eigenvalue weighted by molar-refractivity contribution is -0.591. The summed E-state index contributed by atoms with van der Waals surface area (Å²) in [6.07, 6.45) is 0. The van der Waals surface area contributed by atoms with E-state index in [9.17, 15) is 10.2 Å². The minimum atomic E-state index is 0.195. The number of benzene rings is 5. The van der Waals surface area contributed by atoms with Crippen LogP contribution in [-0.4, -0.2) is 10.2 Å². The number of aromatic hydroxyl groups is 2. The Bertz CT molecular complexity index is 1820. The van der Waals surface area contributed by atoms with Crippen LogP contribution in [0.4, 0.5) is 0 Å². The molecule has 7 rings (SSSR count). The Morgan fingerprint density at radius 3 is 0.952 bits per heavy atom. The Hall–Kier alpha value is -5.04. The molecule has 202 valence electrons. The third kappa shape index (κ3) is 4.67. The normalized spacial score (nSPS) is 11.0. The van der Waals surface area contributed by atoms with Gasteiger partial charge in [-0.15, -0.1) is 9.13 Å². The van der Waals surface area contributed by atoms with Crippen LogP contribution in [0.25, 0.3) is 53.4 Å². The molecule has 0 bridgehead atoms. The van der Waals surface area contributed by atoms with Crippen molar-refractivity contribution in [1.29, 1.82) is 0 Å². The van der Waals surface area contributed by atoms with Gasteiger partial charge in [0.05, 0.1) is 11.1 Å². The number of hydrogen-bond acceptors (Lipinski definition) is 4. The molecule has 0 aliphatic carbocycles. The standard InChI is InChI=1S/C36H24N2O2S2/c39-33-31(25-13-5-1-6-14-25)41-35(27-17-9-3-10-18-27)37(33)29-21-23-30(24-22-29)38-34(40)32(26-15-7-2-8-16-26)42-36(38)28-19-11-4-12-20-28/h1-24H/p+2. The van der Waals surface area contributed by atoms with Gasteiger partial charge in [-0.05, 0) is 24.3 Å². The maximum atomic E-state index is 11.6. The number of aromatic nitrogens is 2. The smallest absolute Gasteiger partial charge is 0.391 e. The summed E-state index contributed by atoms with van der Waals surface area (Å²) in [7, 11) is 0. The predicted molar refractivity (Wildman–Crippen MR) is 170 cm³/mol. The average molecular weight is 583 g/mol. The fraction of sp³-hybridized carbons (Fsp3) is 0. The van der Waals surface area contributed by atoms with Gasteiger partial charge in [0.25, 0.3) is 10.0 Å². The van der Waals surface area contributed by atoms with E-state index in [0.29, 0.717) is 0 Å². The first-order valence-corrected chi connectivity index (χ1v) is 15.2. The van der Waals surface area contributed by atoms with Crippen molar-refractivity contribution in [3.8, 4) is 65.2 Å². The van der Waals surface area contributed by atoms with E-state index >= 15 is 0 Å². The number of hydrogen-bond donors (Lipinski definition) is 2. The molecular formula is C36H26N2O2S2+2. The van der Waals surface area contributed by atoms with Crippen LogP contribution >= 0.6 is 22.7 Å². The van der Waals surface area contributed by atoms with E-state index in [1.165, 1.54) is 0 Å². The van der Waals surface area contributed by atoms with Gasteiger partial charge in [0.1, 0.15) is 0 Å². The summed E-state index contributed by atoms with van der Waals surface area (Å²) in [5, 5.41) is 25.0. The van der Waals surface area contributed by atoms with Crippen LogP contribution in [0, 0.1) is 0 Å². The van der Waals surface area contributed by atoms with Gasteiger partial charge < -0.3 is 10.2 Å². The topological polar surface area (TPSA) is 48.2 Å². The third-order valence-corrected chi connectivity index (χ3v) is 9.58. The van der Waals surface area contributed by atoms with Crippen LogP contribution in [0.5, 0.6) is 11.8 Å². The second kappa shape index (κ2) is 11.1. The van der Waals surface area contributed by atoms with E-state index < -0.39 is 0 Å². The Balaban J connectivity index is 1.37. The number of rotatable bonds is 6. The van der Waals surface area contributed by atoms with Crippen molar-refractivity contribution in [2.24, 2.45) is 0 Å². The molecular weight excluding hydrogens is 557 g/mol. The Morgan fingerprint density at radius 1 is 0.357 bits per heavy atom. The predicted octanol–water partition coefficient (Wildman–Crippen LogP) is 8.44. The molecule has 4 nitrogen and oxygen atoms in total. The summed E-state index contributed by atoms with van der Waals surface area (Å²) in [5.41, 5.74) is 5.63. The van der Waals surface area contributed by atoms with Crippen LogP contribution in [0.1, 0.15) is 0 Å². The van der Waals surface area contributed by atoms with Gasteiger partial charge in [0.15, 0.2) is 9.75 Å². The van der Waals surface area contributed by atoms with Crippen molar-refractivity contribution in [1.82, 2.24) is 0 Å². The van der Waals surface area contributed by atoms with Crippen LogP contribution in [-0.2, 0) is 0 Å². The van der Waals surface area contributed by atoms with Crippen LogP contribution in [0.2, 0.25) is 0 Å². The van der Waals surface area contributed by atoms with E-state index in [2.05, 4.69) is 24.3 Å². The number of thiazole rings is 2. The maximum absolute atomic E-state index is 11.6. The van der Waals surface area contributed by atoms with E-state index in [4.69, 9.17) is 0 Å². The molecule has 0 atom stereocenters. The molecule has 0 saturated carbocycles. The van der Waals surface area contributed by atoms with E-state index in [-0.39, 0.29) is 11.8 Å². The Labute approximate surface area is 252 Å². The number of nitrogens with zero attached hydrogens (tertiary/aromatic N) is 2. The van der Waals surface area contributed by atoms with E-state index in [0.717, 1.165) is 53.4 Å². The molecule has 6 heteroatoms. The second-order valence-electron chi connectivity index (χ2n) is 9.77. The molecule has 0 spiro atoms. The van der Waals surface area contributed by atoms with Crippen LogP contribution in [0.15, 0.2) is 146 Å². The van der Waals surface area contributed by atoms with E-state index in [1.807, 2.05) is 130 Å². The average Bonchev–Trinajstić information content (AvgIpc) is 3.59. The van der Waals surface area contributed by atoms with Crippen molar-refractivity contribution in [3.05, 3.63) is 146 Å². The van der Waals surface area contributed by atoms with Gasteiger partial charge in [-0.1, -0.05) is 120 Å². The van der Waals surface area contributed by atoms with Crippen LogP contribution in [0.3, 0.4) is 0 Å². The van der Waals surface area contributed by atoms with Gasteiger partial charge >= 0.3 is 11.8 Å². The molecule has 2 heterocycles. The summed E-state index contributed by atoms with van der Waals surface area (Å²) in [6, 6.07) is 48.1. The zero-order valence-electron chi connectivity index (χ0n) is 22.5. The molecule has 5 aromatic carbocycles. The summed E-state index contributed by atoms with van der Waals surface area (Å²) in [4.78, 5) is 1.62. The molecule has 0 amide bonds. The summed E-state index contributed by atoms with van der Waals surface area (Å²) in [6.45, 7) is 0. The summed E-state index contributed by atoms with van der Waals surface area (Å²) < 4.78 is 3.80. The van der Waals surface area contributed by atoms with Gasteiger partial charge in [0.2, 0.25) is 11.4 Å². The highest BCUT2D eigenvalue weighted by Gasteiger charge is 2.33. The second-order valence-corrected chi connectivity index (χ2v) is 11.8. The fourth-order valence-corrected chi connectivity index (χ4v) is 7.43. The lowest BCUT2D eigenvalue weighted by Gasteiger charge is -2.02. The lowest BCUT2D eigenvalue weighted by atomic mass is 10.2. The zero-order chi connectivity index (χ0) is 28.5. The lowest BCUT2D eigenvalue weighted by Crippen LogP contribution is -2.33. The summed E-state index contributed by atoms with van der Waals surface area (Å²) >= 11 is 3.12. The van der Waals surface area contributed by atoms with Crippen molar-refractivity contribution >= 4 is 22.7 Å². The maximum Gasteiger partial charge on any atom is 0.391 e. The first-order valence-electron chi connectivity index (χ1n) is 13.6. The molecule has 0 unspecified atom stereocenters. The highest BCUT2D eigenvalue weighted by atomic mass is 32.1. The van der Waals surface area contributed by atoms with Gasteiger partial charge in [-0.3, -0.25) is 0 Å². The van der Waals surface area contributed by atoms with Crippen molar-refractivity contribution in [2.75, 3.05) is 0 Å². The zero-order valence-corrected chi connectivity index (χ0v) is 24.1. The minimum absolute atomic E-state index is 0.195. The molecule has 0 aliphatic rings. The third-order valence-electron chi connectivity index (χ3n) is 7.11. The Kier molecular flexibility index (Phi) is 6.84. The Morgan fingerprint density at radius 2 is 0.643 bits per heavy atom. The molecule has 0 saturated heterocycles. The van der Waals surface area contributed by atoms with Gasteiger partial charge in [0, 0.05) is 35.4 Å². The molecule has 0 aliphatic heterocycles. The summed E-state index contributed by atoms with van der Waals surface area (Å²) in [5.74, 6) is 0.389. The quantitative estimate of drug-likeness (QED) is 0.193. The molecule has 0 fully saturated rings. The fourth-order valence-electron chi connectivity index (χ4n) is 5.09. The SMILES string of the molecule is Oc1c(-c2ccccc2)sc(-c2ccccc2)[n+]1-c1ccc(-[n+]2c(-c3ccccc3)sc(-c3ccccc3)c2O)cc1. The van der Waals surface area contributed by atoms with Crippen molar-refractivity contribution in [3.63, 3.8) is 0 Å². The highest BCUT2D eigenvalue weighted by Crippen LogP contribution is 2.40. The first-order chi connectivity index (χ1) is 20.7. The molecule has 0 radical (unpaired) electrons. The first kappa shape index (κ1) is 25.9. The van der Waals surface area contributed by atoms with Gasteiger partial charge in [-0.2, -0.15) is 0 Å². The molecule has 7 aromatic rings. The van der Waals surface area contributed by atoms with E-state index in [1.54, 1.807) is 22.7 Å². The minimum Gasteiger partial charge on any atom is -0.458 e. The van der Waals surface area contributed by atoms with Crippen molar-refractivity contribution < 1.29 is 19.3 Å². The monoisotopic (exact) mass is 582 g/mol. The molecule has 2 aromatic heterocycles. The van der Waals surface area contributed by atoms with Crippen LogP contribution < -0.4 is 9.13 Å². The largest absolute Gasteiger partial charge is 0.458 e. The molecule has 2 N–H and O–H groups in total. The highest BCUT2D eigenvalue weighted by molar-refractivity contribution is 7.18.